The van der Waals surface area contributed by atoms with Crippen molar-refractivity contribution in [3.8, 4) is 0 Å². The average molecular weight is 400 g/mol. The van der Waals surface area contributed by atoms with Crippen LogP contribution in [0, 0.1) is 5.92 Å². The molecule has 1 rings (SSSR count). The van der Waals surface area contributed by atoms with E-state index in [4.69, 9.17) is 4.74 Å². The summed E-state index contributed by atoms with van der Waals surface area (Å²) in [6.07, 6.45) is 16.0. The zero-order valence-corrected chi connectivity index (χ0v) is 19.7. The molecule has 0 radical (unpaired) electrons. The van der Waals surface area contributed by atoms with Gasteiger partial charge in [-0.2, -0.15) is 0 Å². The van der Waals surface area contributed by atoms with Crippen LogP contribution < -0.4 is 0 Å². The van der Waals surface area contributed by atoms with E-state index in [1.165, 1.54) is 22.3 Å². The molecule has 0 amide bonds. The Hall–Kier alpha value is -1.90. The second-order valence-corrected chi connectivity index (χ2v) is 9.01. The quantitative estimate of drug-likeness (QED) is 0.252. The molecule has 0 N–H and O–H groups in total. The van der Waals surface area contributed by atoms with Crippen LogP contribution in [-0.2, 0) is 9.53 Å². The van der Waals surface area contributed by atoms with E-state index in [1.54, 1.807) is 0 Å². The maximum Gasteiger partial charge on any atom is 0.337 e. The molecule has 1 atom stereocenters. The molecule has 0 fully saturated rings. The van der Waals surface area contributed by atoms with Crippen LogP contribution in [0.4, 0.5) is 0 Å². The third-order valence-corrected chi connectivity index (χ3v) is 4.97. The summed E-state index contributed by atoms with van der Waals surface area (Å²) in [5.41, 5.74) is 5.49. The third kappa shape index (κ3) is 11.6. The second-order valence-electron chi connectivity index (χ2n) is 9.01. The summed E-state index contributed by atoms with van der Waals surface area (Å²) in [5.74, 6) is 0.821. The number of hydrogen-bond donors (Lipinski definition) is 0. The third-order valence-electron chi connectivity index (χ3n) is 4.97. The van der Waals surface area contributed by atoms with Crippen molar-refractivity contribution in [2.45, 2.75) is 99.5 Å². The predicted octanol–water partition coefficient (Wildman–Crippen LogP) is 7.50. The van der Waals surface area contributed by atoms with Gasteiger partial charge in [0.05, 0.1) is 0 Å². The predicted molar refractivity (Wildman–Crippen MR) is 125 cm³/mol. The Morgan fingerprint density at radius 3 is 2.14 bits per heavy atom. The standard InChI is InChI=1S/C26H41NO2/c1-19(2)11-8-12-21(5)13-9-14-22(6)15-10-16-23(7)18-25-27-24(17-20(3)4)26(28)29-25/h11,13,15-16,20,24H,8-10,12,14,17-18H2,1-7H3/b21-13?,22-15?,23-16+/t24-/m1/s1. The minimum absolute atomic E-state index is 0.193. The number of aliphatic imine (C=N–C) groups is 1. The molecule has 29 heavy (non-hydrogen) atoms. The molecule has 1 aliphatic heterocycles. The van der Waals surface area contributed by atoms with Crippen molar-refractivity contribution in [2.24, 2.45) is 10.9 Å². The van der Waals surface area contributed by atoms with Crippen molar-refractivity contribution in [1.82, 2.24) is 0 Å². The first-order chi connectivity index (χ1) is 13.7. The van der Waals surface area contributed by atoms with Crippen LogP contribution in [-0.4, -0.2) is 17.9 Å². The van der Waals surface area contributed by atoms with Gasteiger partial charge >= 0.3 is 5.97 Å². The fraction of sp³-hybridized carbons (Fsp3) is 0.615. The number of rotatable bonds is 12. The van der Waals surface area contributed by atoms with Crippen molar-refractivity contribution < 1.29 is 9.53 Å². The van der Waals surface area contributed by atoms with E-state index in [2.05, 4.69) is 77.8 Å². The van der Waals surface area contributed by atoms with Gasteiger partial charge in [-0.3, -0.25) is 0 Å². The van der Waals surface area contributed by atoms with Crippen LogP contribution in [0.2, 0.25) is 0 Å². The number of esters is 1. The van der Waals surface area contributed by atoms with Gasteiger partial charge in [0, 0.05) is 6.42 Å². The largest absolute Gasteiger partial charge is 0.410 e. The normalized spacial score (nSPS) is 18.2. The Bertz CT molecular complexity index is 685. The van der Waals surface area contributed by atoms with Gasteiger partial charge in [0.1, 0.15) is 0 Å². The highest BCUT2D eigenvalue weighted by Gasteiger charge is 2.29. The fourth-order valence-corrected chi connectivity index (χ4v) is 3.23. The molecule has 3 heteroatoms. The van der Waals surface area contributed by atoms with Crippen LogP contribution in [0.1, 0.15) is 93.4 Å². The maximum atomic E-state index is 11.9. The van der Waals surface area contributed by atoms with E-state index in [1.807, 2.05) is 0 Å². The number of allylic oxidation sites excluding steroid dienone is 7. The smallest absolute Gasteiger partial charge is 0.337 e. The molecular formula is C26H41NO2. The first-order valence-electron chi connectivity index (χ1n) is 11.1. The van der Waals surface area contributed by atoms with Crippen LogP contribution in [0.5, 0.6) is 0 Å². The Labute approximate surface area is 178 Å². The van der Waals surface area contributed by atoms with Gasteiger partial charge in [-0.05, 0) is 79.1 Å². The summed E-state index contributed by atoms with van der Waals surface area (Å²) < 4.78 is 5.33. The van der Waals surface area contributed by atoms with Gasteiger partial charge in [0.25, 0.3) is 0 Å². The summed E-state index contributed by atoms with van der Waals surface area (Å²) in [4.78, 5) is 16.3. The summed E-state index contributed by atoms with van der Waals surface area (Å²) >= 11 is 0. The van der Waals surface area contributed by atoms with E-state index in [-0.39, 0.29) is 12.0 Å². The van der Waals surface area contributed by atoms with Crippen molar-refractivity contribution in [3.05, 3.63) is 46.6 Å². The lowest BCUT2D eigenvalue weighted by atomic mass is 10.0. The number of cyclic esters (lactones) is 1. The molecule has 0 unspecified atom stereocenters. The molecule has 3 nitrogen and oxygen atoms in total. The molecule has 0 spiro atoms. The molecule has 162 valence electrons. The molecule has 0 aromatic heterocycles. The summed E-state index contributed by atoms with van der Waals surface area (Å²) in [6, 6.07) is -0.307. The Morgan fingerprint density at radius 1 is 0.931 bits per heavy atom. The molecule has 1 heterocycles. The van der Waals surface area contributed by atoms with Crippen LogP contribution in [0.15, 0.2) is 51.6 Å². The van der Waals surface area contributed by atoms with Crippen LogP contribution in [0.3, 0.4) is 0 Å². The van der Waals surface area contributed by atoms with E-state index >= 15 is 0 Å². The van der Waals surface area contributed by atoms with Gasteiger partial charge in [-0.1, -0.05) is 60.4 Å². The highest BCUT2D eigenvalue weighted by atomic mass is 16.6. The molecule has 0 saturated heterocycles. The Morgan fingerprint density at radius 2 is 1.52 bits per heavy atom. The molecule has 1 aliphatic rings. The number of hydrogen-bond acceptors (Lipinski definition) is 3. The van der Waals surface area contributed by atoms with Crippen molar-refractivity contribution in [2.75, 3.05) is 0 Å². The first kappa shape index (κ1) is 25.1. The monoisotopic (exact) mass is 399 g/mol. The van der Waals surface area contributed by atoms with E-state index in [0.717, 1.165) is 38.5 Å². The zero-order chi connectivity index (χ0) is 21.8. The highest BCUT2D eigenvalue weighted by molar-refractivity contribution is 5.98. The molecule has 0 aromatic rings. The van der Waals surface area contributed by atoms with Gasteiger partial charge < -0.3 is 4.74 Å². The molecule has 0 bridgehead atoms. The second kappa shape index (κ2) is 13.3. The van der Waals surface area contributed by atoms with E-state index in [0.29, 0.717) is 18.2 Å². The lowest BCUT2D eigenvalue weighted by Gasteiger charge is -2.05. The number of carbonyl (C=O) groups excluding carboxylic acids is 1. The molecule has 0 aliphatic carbocycles. The SMILES string of the molecule is CC(C)=CCCC(C)=CCCC(C)=CC/C=C(\C)CC1=N[C@H](CC(C)C)C(=O)O1. The first-order valence-corrected chi connectivity index (χ1v) is 11.1. The lowest BCUT2D eigenvalue weighted by molar-refractivity contribution is -0.135. The number of nitrogens with zero attached hydrogens (tertiary/aromatic N) is 1. The minimum Gasteiger partial charge on any atom is -0.410 e. The summed E-state index contributed by atoms with van der Waals surface area (Å²) in [5, 5.41) is 0. The number of ether oxygens (including phenoxy) is 1. The van der Waals surface area contributed by atoms with Gasteiger partial charge in [-0.15, -0.1) is 0 Å². The average Bonchev–Trinajstić information content (AvgIpc) is 2.92. The molecular weight excluding hydrogens is 358 g/mol. The summed E-state index contributed by atoms with van der Waals surface area (Å²) in [6.45, 7) is 15.0. The Balaban J connectivity index is 2.38. The molecule has 0 aromatic carbocycles. The van der Waals surface area contributed by atoms with E-state index in [9.17, 15) is 4.79 Å². The zero-order valence-electron chi connectivity index (χ0n) is 19.7. The van der Waals surface area contributed by atoms with Crippen LogP contribution >= 0.6 is 0 Å². The summed E-state index contributed by atoms with van der Waals surface area (Å²) in [7, 11) is 0. The fourth-order valence-electron chi connectivity index (χ4n) is 3.23. The Kier molecular flexibility index (Phi) is 11.6. The molecule has 0 saturated carbocycles. The van der Waals surface area contributed by atoms with Crippen molar-refractivity contribution >= 4 is 11.9 Å². The topological polar surface area (TPSA) is 38.7 Å². The van der Waals surface area contributed by atoms with Gasteiger partial charge in [0.15, 0.2) is 11.9 Å². The van der Waals surface area contributed by atoms with Gasteiger partial charge in [-0.25, -0.2) is 9.79 Å². The van der Waals surface area contributed by atoms with Crippen molar-refractivity contribution in [3.63, 3.8) is 0 Å². The highest BCUT2D eigenvalue weighted by Crippen LogP contribution is 2.19. The lowest BCUT2D eigenvalue weighted by Crippen LogP contribution is -2.17. The van der Waals surface area contributed by atoms with Gasteiger partial charge in [0.2, 0.25) is 0 Å². The maximum absolute atomic E-state index is 11.9. The van der Waals surface area contributed by atoms with E-state index < -0.39 is 0 Å². The van der Waals surface area contributed by atoms with Crippen LogP contribution in [0.25, 0.3) is 0 Å². The minimum atomic E-state index is -0.307. The number of carbonyl (C=O) groups is 1. The van der Waals surface area contributed by atoms with Crippen molar-refractivity contribution in [1.29, 1.82) is 0 Å².